The van der Waals surface area contributed by atoms with Crippen LogP contribution >= 0.6 is 0 Å². The van der Waals surface area contributed by atoms with E-state index in [1.54, 1.807) is 0 Å². The van der Waals surface area contributed by atoms with Gasteiger partial charge < -0.3 is 5.32 Å². The fourth-order valence-corrected chi connectivity index (χ4v) is 1.21. The molecule has 12 heavy (non-hydrogen) atoms. The summed E-state index contributed by atoms with van der Waals surface area (Å²) < 4.78 is 0. The molecule has 0 bridgehead atoms. The first-order chi connectivity index (χ1) is 5.77. The minimum atomic E-state index is 0.0466. The van der Waals surface area contributed by atoms with Crippen molar-refractivity contribution in [3.63, 3.8) is 0 Å². The van der Waals surface area contributed by atoms with Crippen molar-refractivity contribution in [2.24, 2.45) is 5.92 Å². The summed E-state index contributed by atoms with van der Waals surface area (Å²) in [6.45, 7) is 4.05. The number of rotatable bonds is 2. The highest BCUT2D eigenvalue weighted by Gasteiger charge is 2.14. The maximum atomic E-state index is 11.4. The molecule has 0 aromatic rings. The summed E-state index contributed by atoms with van der Waals surface area (Å²) in [4.78, 5) is 11.4. The van der Waals surface area contributed by atoms with E-state index in [-0.39, 0.29) is 11.8 Å². The molecule has 2 heteroatoms. The zero-order chi connectivity index (χ0) is 8.97. The summed E-state index contributed by atoms with van der Waals surface area (Å²) in [5.74, 6) is 0.171. The number of hydrogen-bond donors (Lipinski definition) is 1. The predicted octanol–water partition coefficient (Wildman–Crippen LogP) is 1.99. The molecule has 66 valence electrons. The molecule has 0 fully saturated rings. The van der Waals surface area contributed by atoms with E-state index in [1.165, 1.54) is 0 Å². The van der Waals surface area contributed by atoms with Gasteiger partial charge in [-0.3, -0.25) is 4.79 Å². The number of hydrogen-bond acceptors (Lipinski definition) is 1. The van der Waals surface area contributed by atoms with Crippen molar-refractivity contribution in [3.05, 3.63) is 23.9 Å². The molecule has 0 unspecified atom stereocenters. The van der Waals surface area contributed by atoms with Crippen molar-refractivity contribution in [1.29, 1.82) is 0 Å². The molecular weight excluding hydrogens is 150 g/mol. The summed E-state index contributed by atoms with van der Waals surface area (Å²) in [6, 6.07) is 0. The average Bonchev–Trinajstić information content (AvgIpc) is 2.26. The number of allylic oxidation sites excluding steroid dienone is 3. The Bertz CT molecular complexity index is 228. The first kappa shape index (κ1) is 9.04. The fourth-order valence-electron chi connectivity index (χ4n) is 1.21. The Kier molecular flexibility index (Phi) is 3.09. The molecule has 0 aromatic carbocycles. The van der Waals surface area contributed by atoms with Gasteiger partial charge in [0.05, 0.1) is 5.92 Å². The average molecular weight is 165 g/mol. The van der Waals surface area contributed by atoms with Gasteiger partial charge in [0.25, 0.3) is 0 Å². The second-order valence-corrected chi connectivity index (χ2v) is 2.93. The van der Waals surface area contributed by atoms with Crippen LogP contribution in [-0.4, -0.2) is 5.91 Å². The topological polar surface area (TPSA) is 29.1 Å². The molecule has 0 saturated heterocycles. The highest BCUT2D eigenvalue weighted by atomic mass is 16.1. The van der Waals surface area contributed by atoms with Gasteiger partial charge in [0, 0.05) is 5.70 Å². The normalized spacial score (nSPS) is 23.0. The van der Waals surface area contributed by atoms with Crippen molar-refractivity contribution in [1.82, 2.24) is 5.32 Å². The van der Waals surface area contributed by atoms with Crippen LogP contribution in [-0.2, 0) is 4.79 Å². The molecule has 1 aliphatic rings. The standard InChI is InChI=1S/C10H15NO/c1-3-8-6-5-7-9(4-2)11-10(8)12/h5-8H,3-4H2,1-2H3,(H,11,12)/t8-/m0/s1. The minimum Gasteiger partial charge on any atom is -0.329 e. The highest BCUT2D eigenvalue weighted by Crippen LogP contribution is 2.10. The van der Waals surface area contributed by atoms with Crippen LogP contribution in [0.1, 0.15) is 26.7 Å². The summed E-state index contributed by atoms with van der Waals surface area (Å²) in [5, 5.41) is 2.89. The van der Waals surface area contributed by atoms with Gasteiger partial charge in [-0.25, -0.2) is 0 Å². The smallest absolute Gasteiger partial charge is 0.231 e. The molecule has 2 nitrogen and oxygen atoms in total. The van der Waals surface area contributed by atoms with Crippen LogP contribution in [0.15, 0.2) is 23.9 Å². The van der Waals surface area contributed by atoms with Crippen molar-refractivity contribution < 1.29 is 4.79 Å². The Labute approximate surface area is 73.4 Å². The third-order valence-corrected chi connectivity index (χ3v) is 2.08. The fraction of sp³-hybridized carbons (Fsp3) is 0.500. The van der Waals surface area contributed by atoms with Gasteiger partial charge in [-0.2, -0.15) is 0 Å². The number of amides is 1. The van der Waals surface area contributed by atoms with Gasteiger partial charge in [0.1, 0.15) is 0 Å². The molecule has 1 aliphatic heterocycles. The lowest BCUT2D eigenvalue weighted by molar-refractivity contribution is -0.122. The Morgan fingerprint density at radius 3 is 2.83 bits per heavy atom. The monoisotopic (exact) mass is 165 g/mol. The molecular formula is C10H15NO. The molecule has 1 amide bonds. The molecule has 0 spiro atoms. The Balaban J connectivity index is 2.70. The second kappa shape index (κ2) is 4.10. The van der Waals surface area contributed by atoms with E-state index in [2.05, 4.69) is 5.32 Å². The van der Waals surface area contributed by atoms with Crippen molar-refractivity contribution in [3.8, 4) is 0 Å². The summed E-state index contributed by atoms with van der Waals surface area (Å²) in [5.41, 5.74) is 1.01. The summed E-state index contributed by atoms with van der Waals surface area (Å²) in [7, 11) is 0. The van der Waals surface area contributed by atoms with Crippen LogP contribution in [0.25, 0.3) is 0 Å². The SMILES string of the molecule is CCC1=CC=C[C@H](CC)C(=O)N1. The first-order valence-corrected chi connectivity index (χ1v) is 4.46. The third kappa shape index (κ3) is 1.97. The van der Waals surface area contributed by atoms with Gasteiger partial charge in [0.15, 0.2) is 0 Å². The molecule has 0 aliphatic carbocycles. The van der Waals surface area contributed by atoms with E-state index in [0.717, 1.165) is 18.5 Å². The Morgan fingerprint density at radius 2 is 2.25 bits per heavy atom. The maximum Gasteiger partial charge on any atom is 0.231 e. The lowest BCUT2D eigenvalue weighted by Crippen LogP contribution is -2.27. The molecule has 1 N–H and O–H groups in total. The van der Waals surface area contributed by atoms with E-state index >= 15 is 0 Å². The van der Waals surface area contributed by atoms with Crippen LogP contribution in [0.2, 0.25) is 0 Å². The van der Waals surface area contributed by atoms with Crippen LogP contribution in [0.4, 0.5) is 0 Å². The van der Waals surface area contributed by atoms with E-state index in [0.29, 0.717) is 0 Å². The predicted molar refractivity (Wildman–Crippen MR) is 49.4 cm³/mol. The number of carbonyl (C=O) groups is 1. The number of carbonyl (C=O) groups excluding carboxylic acids is 1. The maximum absolute atomic E-state index is 11.4. The van der Waals surface area contributed by atoms with Crippen LogP contribution in [0.5, 0.6) is 0 Å². The lowest BCUT2D eigenvalue weighted by atomic mass is 10.1. The van der Waals surface area contributed by atoms with Crippen molar-refractivity contribution in [2.75, 3.05) is 0 Å². The van der Waals surface area contributed by atoms with Gasteiger partial charge in [-0.1, -0.05) is 26.0 Å². The highest BCUT2D eigenvalue weighted by molar-refractivity contribution is 5.82. The zero-order valence-electron chi connectivity index (χ0n) is 7.63. The van der Waals surface area contributed by atoms with Crippen LogP contribution in [0, 0.1) is 5.92 Å². The van der Waals surface area contributed by atoms with E-state index in [4.69, 9.17) is 0 Å². The molecule has 0 saturated carbocycles. The lowest BCUT2D eigenvalue weighted by Gasteiger charge is -2.09. The van der Waals surface area contributed by atoms with Crippen LogP contribution < -0.4 is 5.32 Å². The number of nitrogens with one attached hydrogen (secondary N) is 1. The second-order valence-electron chi connectivity index (χ2n) is 2.93. The zero-order valence-corrected chi connectivity index (χ0v) is 7.63. The summed E-state index contributed by atoms with van der Waals surface area (Å²) in [6.07, 6.45) is 7.64. The Morgan fingerprint density at radius 1 is 1.50 bits per heavy atom. The first-order valence-electron chi connectivity index (χ1n) is 4.46. The van der Waals surface area contributed by atoms with E-state index in [1.807, 2.05) is 32.1 Å². The van der Waals surface area contributed by atoms with E-state index < -0.39 is 0 Å². The van der Waals surface area contributed by atoms with Crippen LogP contribution in [0.3, 0.4) is 0 Å². The van der Waals surface area contributed by atoms with Gasteiger partial charge in [0.2, 0.25) is 5.91 Å². The molecule has 0 radical (unpaired) electrons. The van der Waals surface area contributed by atoms with Crippen molar-refractivity contribution in [2.45, 2.75) is 26.7 Å². The van der Waals surface area contributed by atoms with Crippen molar-refractivity contribution >= 4 is 5.91 Å². The molecule has 0 aromatic heterocycles. The van der Waals surface area contributed by atoms with E-state index in [9.17, 15) is 4.79 Å². The molecule has 1 atom stereocenters. The largest absolute Gasteiger partial charge is 0.329 e. The minimum absolute atomic E-state index is 0.0466. The third-order valence-electron chi connectivity index (χ3n) is 2.08. The Hall–Kier alpha value is -1.05. The summed E-state index contributed by atoms with van der Waals surface area (Å²) >= 11 is 0. The molecule has 1 heterocycles. The van der Waals surface area contributed by atoms with Gasteiger partial charge in [-0.05, 0) is 18.9 Å². The molecule has 1 rings (SSSR count). The van der Waals surface area contributed by atoms with Gasteiger partial charge >= 0.3 is 0 Å². The quantitative estimate of drug-likeness (QED) is 0.666. The van der Waals surface area contributed by atoms with Gasteiger partial charge in [-0.15, -0.1) is 0 Å².